The topological polar surface area (TPSA) is 165 Å². The number of benzene rings is 3. The van der Waals surface area contributed by atoms with Crippen LogP contribution in [0.5, 0.6) is 5.75 Å². The third kappa shape index (κ3) is 4.06. The Morgan fingerprint density at radius 1 is 0.767 bits per heavy atom. The van der Waals surface area contributed by atoms with Gasteiger partial charge in [0.05, 0.1) is 38.3 Å². The van der Waals surface area contributed by atoms with Gasteiger partial charge in [-0.1, -0.05) is 18.2 Å². The maximum atomic E-state index is 11.7. The van der Waals surface area contributed by atoms with Crippen molar-refractivity contribution in [1.29, 1.82) is 0 Å². The predicted molar refractivity (Wildman–Crippen MR) is 107 cm³/mol. The summed E-state index contributed by atoms with van der Waals surface area (Å²) in [6.45, 7) is 0. The monoisotopic (exact) mass is 411 g/mol. The average molecular weight is 411 g/mol. The second-order valence-electron chi connectivity index (χ2n) is 5.93. The fraction of sp³-hybridized carbons (Fsp3) is 0. The van der Waals surface area contributed by atoms with E-state index >= 15 is 0 Å². The number of non-ortho nitro benzene ring substituents is 1. The number of rotatable bonds is 7. The summed E-state index contributed by atoms with van der Waals surface area (Å²) in [6, 6.07) is 15.0. The van der Waals surface area contributed by atoms with Crippen molar-refractivity contribution in [2.75, 3.05) is 10.4 Å². The molecule has 152 valence electrons. The van der Waals surface area contributed by atoms with Gasteiger partial charge >= 0.3 is 11.4 Å². The van der Waals surface area contributed by atoms with Crippen LogP contribution in [-0.4, -0.2) is 19.9 Å². The number of phenols is 1. The molecule has 3 aromatic rings. The lowest BCUT2D eigenvalue weighted by atomic mass is 10.1. The van der Waals surface area contributed by atoms with E-state index in [0.29, 0.717) is 17.8 Å². The summed E-state index contributed by atoms with van der Waals surface area (Å²) in [7, 11) is 0. The largest absolute Gasteiger partial charge is 0.508 e. The number of nitrogens with zero attached hydrogens (tertiary/aromatic N) is 4. The number of hydrogen-bond donors (Lipinski definition) is 2. The number of nitro groups is 3. The molecule has 0 heterocycles. The highest BCUT2D eigenvalue weighted by Gasteiger charge is 2.35. The van der Waals surface area contributed by atoms with Gasteiger partial charge in [-0.05, 0) is 36.4 Å². The summed E-state index contributed by atoms with van der Waals surface area (Å²) >= 11 is 0. The molecule has 0 spiro atoms. The van der Waals surface area contributed by atoms with Gasteiger partial charge < -0.3 is 5.11 Å². The quantitative estimate of drug-likeness (QED) is 0.426. The van der Waals surface area contributed by atoms with E-state index in [-0.39, 0.29) is 11.4 Å². The van der Waals surface area contributed by atoms with Crippen molar-refractivity contribution in [1.82, 2.24) is 0 Å². The third-order valence-electron chi connectivity index (χ3n) is 4.00. The van der Waals surface area contributed by atoms with Crippen molar-refractivity contribution in [2.24, 2.45) is 0 Å². The molecule has 0 atom stereocenters. The Balaban J connectivity index is 2.30. The van der Waals surface area contributed by atoms with Gasteiger partial charge in [0.2, 0.25) is 5.69 Å². The molecular formula is C18H13N5O7. The molecule has 2 N–H and O–H groups in total. The Bertz CT molecular complexity index is 1080. The fourth-order valence-electron chi connectivity index (χ4n) is 2.70. The van der Waals surface area contributed by atoms with Crippen LogP contribution in [0.15, 0.2) is 66.7 Å². The molecule has 0 bridgehead atoms. The van der Waals surface area contributed by atoms with E-state index in [9.17, 15) is 35.4 Å². The van der Waals surface area contributed by atoms with Crippen LogP contribution in [0.3, 0.4) is 0 Å². The van der Waals surface area contributed by atoms with E-state index in [1.807, 2.05) is 0 Å². The molecule has 12 heteroatoms. The molecule has 3 aromatic carbocycles. The van der Waals surface area contributed by atoms with E-state index in [1.54, 1.807) is 30.3 Å². The van der Waals surface area contributed by atoms with Crippen molar-refractivity contribution < 1.29 is 19.9 Å². The Morgan fingerprint density at radius 3 is 1.77 bits per heavy atom. The van der Waals surface area contributed by atoms with Crippen molar-refractivity contribution in [3.05, 3.63) is 97.1 Å². The van der Waals surface area contributed by atoms with Gasteiger partial charge in [0, 0.05) is 0 Å². The van der Waals surface area contributed by atoms with E-state index in [2.05, 4.69) is 5.43 Å². The van der Waals surface area contributed by atoms with Crippen molar-refractivity contribution in [2.45, 2.75) is 0 Å². The van der Waals surface area contributed by atoms with Gasteiger partial charge in [0.25, 0.3) is 5.69 Å². The summed E-state index contributed by atoms with van der Waals surface area (Å²) in [5.74, 6) is -0.0916. The van der Waals surface area contributed by atoms with Crippen LogP contribution in [0.2, 0.25) is 0 Å². The number of para-hydroxylation sites is 1. The van der Waals surface area contributed by atoms with Gasteiger partial charge in [-0.15, -0.1) is 0 Å². The number of nitrogens with one attached hydrogen (secondary N) is 1. The maximum Gasteiger partial charge on any atom is 0.308 e. The van der Waals surface area contributed by atoms with E-state index in [0.717, 1.165) is 5.01 Å². The van der Waals surface area contributed by atoms with Gasteiger partial charge in [-0.3, -0.25) is 35.8 Å². The molecule has 0 aromatic heterocycles. The molecule has 0 saturated heterocycles. The first-order valence-electron chi connectivity index (χ1n) is 8.30. The number of phenolic OH excluding ortho intramolecular Hbond substituents is 1. The van der Waals surface area contributed by atoms with Gasteiger partial charge in [0.15, 0.2) is 0 Å². The predicted octanol–water partition coefficient (Wildman–Crippen LogP) is 4.28. The normalized spacial score (nSPS) is 10.3. The first-order chi connectivity index (χ1) is 14.3. The standard InChI is InChI=1S/C18H13N5O7/c24-15-8-6-13(7-9-15)20(19-12-4-2-1-3-5-12)18-16(22(27)28)10-14(21(25)26)11-17(18)23(29)30/h1-11,19,24H. The number of hydrogen-bond acceptors (Lipinski definition) is 9. The summed E-state index contributed by atoms with van der Waals surface area (Å²) in [4.78, 5) is 31.7. The second kappa shape index (κ2) is 8.10. The zero-order valence-corrected chi connectivity index (χ0v) is 15.0. The molecule has 0 aliphatic heterocycles. The van der Waals surface area contributed by atoms with Crippen molar-refractivity contribution >= 4 is 34.1 Å². The minimum atomic E-state index is -0.945. The van der Waals surface area contributed by atoms with E-state index in [4.69, 9.17) is 0 Å². The minimum Gasteiger partial charge on any atom is -0.508 e. The summed E-state index contributed by atoms with van der Waals surface area (Å²) in [5, 5.41) is 45.1. The van der Waals surface area contributed by atoms with Crippen molar-refractivity contribution in [3.63, 3.8) is 0 Å². The summed E-state index contributed by atoms with van der Waals surface area (Å²) < 4.78 is 0. The summed E-state index contributed by atoms with van der Waals surface area (Å²) in [5.41, 5.74) is 0.507. The molecule has 0 aliphatic rings. The fourth-order valence-corrected chi connectivity index (χ4v) is 2.70. The minimum absolute atomic E-state index is 0.0916. The lowest BCUT2D eigenvalue weighted by Gasteiger charge is -2.26. The molecule has 3 rings (SSSR count). The molecule has 0 fully saturated rings. The molecule has 0 aliphatic carbocycles. The highest BCUT2D eigenvalue weighted by atomic mass is 16.6. The first kappa shape index (κ1) is 20.0. The van der Waals surface area contributed by atoms with Crippen LogP contribution >= 0.6 is 0 Å². The second-order valence-corrected chi connectivity index (χ2v) is 5.93. The first-order valence-corrected chi connectivity index (χ1v) is 8.30. The van der Waals surface area contributed by atoms with Crippen LogP contribution in [0.4, 0.5) is 34.1 Å². The van der Waals surface area contributed by atoms with Gasteiger partial charge in [-0.2, -0.15) is 0 Å². The lowest BCUT2D eigenvalue weighted by Crippen LogP contribution is -2.26. The van der Waals surface area contributed by atoms with Crippen LogP contribution in [0, 0.1) is 30.3 Å². The lowest BCUT2D eigenvalue weighted by molar-refractivity contribution is -0.402. The number of hydrazine groups is 1. The Morgan fingerprint density at radius 2 is 1.30 bits per heavy atom. The van der Waals surface area contributed by atoms with Crippen LogP contribution in [0.1, 0.15) is 0 Å². The van der Waals surface area contributed by atoms with Crippen LogP contribution in [0.25, 0.3) is 0 Å². The van der Waals surface area contributed by atoms with E-state index in [1.165, 1.54) is 24.3 Å². The maximum absolute atomic E-state index is 11.7. The highest BCUT2D eigenvalue weighted by molar-refractivity contribution is 5.85. The van der Waals surface area contributed by atoms with Gasteiger partial charge in [0.1, 0.15) is 5.75 Å². The highest BCUT2D eigenvalue weighted by Crippen LogP contribution is 2.44. The Hall–Kier alpha value is -4.74. The van der Waals surface area contributed by atoms with Gasteiger partial charge in [-0.25, -0.2) is 5.01 Å². The zero-order valence-electron chi connectivity index (χ0n) is 15.0. The molecule has 0 amide bonds. The van der Waals surface area contributed by atoms with Crippen LogP contribution in [-0.2, 0) is 0 Å². The number of nitro benzene ring substituents is 3. The molecule has 0 unspecified atom stereocenters. The number of anilines is 3. The van der Waals surface area contributed by atoms with Crippen LogP contribution < -0.4 is 10.4 Å². The molecule has 0 radical (unpaired) electrons. The smallest absolute Gasteiger partial charge is 0.308 e. The Kier molecular flexibility index (Phi) is 5.40. The molecule has 12 nitrogen and oxygen atoms in total. The SMILES string of the molecule is O=[N+]([O-])c1cc([N+](=O)[O-])c(N(Nc2ccccc2)c2ccc(O)cc2)c([N+](=O)[O-])c1. The summed E-state index contributed by atoms with van der Waals surface area (Å²) in [6.07, 6.45) is 0. The zero-order chi connectivity index (χ0) is 21.8. The average Bonchev–Trinajstić information content (AvgIpc) is 2.72. The Labute approximate surface area is 168 Å². The molecule has 0 saturated carbocycles. The van der Waals surface area contributed by atoms with Crippen molar-refractivity contribution in [3.8, 4) is 5.75 Å². The molecule has 30 heavy (non-hydrogen) atoms. The third-order valence-corrected chi connectivity index (χ3v) is 4.00. The van der Waals surface area contributed by atoms with E-state index < -0.39 is 37.5 Å². The molecular weight excluding hydrogens is 398 g/mol. The number of aromatic hydroxyl groups is 1.